The molecule has 0 radical (unpaired) electrons. The van der Waals surface area contributed by atoms with Gasteiger partial charge in [-0.05, 0) is 44.2 Å². The van der Waals surface area contributed by atoms with E-state index in [4.69, 9.17) is 11.6 Å². The molecule has 0 saturated carbocycles. The zero-order chi connectivity index (χ0) is 21.3. The summed E-state index contributed by atoms with van der Waals surface area (Å²) in [6, 6.07) is 12.6. The lowest BCUT2D eigenvalue weighted by Crippen LogP contribution is -2.36. The van der Waals surface area contributed by atoms with Crippen molar-refractivity contribution < 1.29 is 4.79 Å². The van der Waals surface area contributed by atoms with Gasteiger partial charge in [0.15, 0.2) is 5.15 Å². The molecule has 7 nitrogen and oxygen atoms in total. The van der Waals surface area contributed by atoms with Crippen LogP contribution in [0.4, 0.5) is 0 Å². The number of hydrogen-bond donors (Lipinski definition) is 1. The van der Waals surface area contributed by atoms with Gasteiger partial charge < -0.3 is 9.88 Å². The van der Waals surface area contributed by atoms with Gasteiger partial charge in [0.25, 0.3) is 5.56 Å². The third kappa shape index (κ3) is 3.84. The number of pyridine rings is 1. The summed E-state index contributed by atoms with van der Waals surface area (Å²) in [6.45, 7) is 4.00. The Balaban J connectivity index is 1.61. The highest BCUT2D eigenvalue weighted by molar-refractivity contribution is 6.31. The number of fused-ring (bicyclic) bond motifs is 2. The first-order valence-electron chi connectivity index (χ1n) is 9.53. The number of para-hydroxylation sites is 1. The van der Waals surface area contributed by atoms with Crippen LogP contribution in [0.3, 0.4) is 0 Å². The van der Waals surface area contributed by atoms with Crippen LogP contribution in [0.5, 0.6) is 0 Å². The first-order valence-corrected chi connectivity index (χ1v) is 9.91. The second-order valence-corrected chi connectivity index (χ2v) is 7.50. The summed E-state index contributed by atoms with van der Waals surface area (Å²) >= 11 is 6.24. The van der Waals surface area contributed by atoms with Crippen molar-refractivity contribution in [2.45, 2.75) is 26.4 Å². The lowest BCUT2D eigenvalue weighted by molar-refractivity contribution is -0.128. The van der Waals surface area contributed by atoms with E-state index in [1.807, 2.05) is 48.7 Å². The van der Waals surface area contributed by atoms with Gasteiger partial charge in [-0.25, -0.2) is 9.97 Å². The van der Waals surface area contributed by atoms with Crippen LogP contribution in [-0.2, 0) is 11.3 Å². The molecule has 0 aliphatic heterocycles. The summed E-state index contributed by atoms with van der Waals surface area (Å²) in [5.74, 6) is 0.213. The first kappa shape index (κ1) is 19.8. The standard InChI is InChI=1S/C22H20ClN5O2/c1-14(2)28(13-18-24-16-8-4-3-7-15(16)22(30)25-18)20(29)11-10-17-21(23)26-19-9-5-6-12-27(17)19/h3-12,14H,13H2,1-2H3,(H,24,25,30)/b11-10+. The Morgan fingerprint density at radius 3 is 2.77 bits per heavy atom. The maximum Gasteiger partial charge on any atom is 0.258 e. The van der Waals surface area contributed by atoms with E-state index in [2.05, 4.69) is 15.0 Å². The molecule has 0 spiro atoms. The van der Waals surface area contributed by atoms with Crippen LogP contribution in [0.2, 0.25) is 5.15 Å². The van der Waals surface area contributed by atoms with E-state index in [0.717, 1.165) is 0 Å². The van der Waals surface area contributed by atoms with E-state index in [9.17, 15) is 9.59 Å². The molecule has 0 bridgehead atoms. The van der Waals surface area contributed by atoms with Crippen molar-refractivity contribution in [2.24, 2.45) is 0 Å². The third-order valence-electron chi connectivity index (χ3n) is 4.79. The minimum absolute atomic E-state index is 0.100. The average molecular weight is 422 g/mol. The monoisotopic (exact) mass is 421 g/mol. The Hall–Kier alpha value is -3.45. The lowest BCUT2D eigenvalue weighted by Gasteiger charge is -2.25. The van der Waals surface area contributed by atoms with Gasteiger partial charge in [0.1, 0.15) is 11.5 Å². The van der Waals surface area contributed by atoms with E-state index in [1.165, 1.54) is 6.08 Å². The van der Waals surface area contributed by atoms with Crippen LogP contribution < -0.4 is 5.56 Å². The van der Waals surface area contributed by atoms with Gasteiger partial charge in [-0.2, -0.15) is 0 Å². The Kier molecular flexibility index (Phi) is 5.37. The van der Waals surface area contributed by atoms with Crippen molar-refractivity contribution in [3.63, 3.8) is 0 Å². The third-order valence-corrected chi connectivity index (χ3v) is 5.07. The van der Waals surface area contributed by atoms with Crippen molar-refractivity contribution in [2.75, 3.05) is 0 Å². The molecule has 3 aromatic heterocycles. The number of benzene rings is 1. The van der Waals surface area contributed by atoms with E-state index in [0.29, 0.717) is 33.2 Å². The minimum Gasteiger partial charge on any atom is -0.329 e. The number of aromatic amines is 1. The van der Waals surface area contributed by atoms with Crippen molar-refractivity contribution in [1.82, 2.24) is 24.3 Å². The number of nitrogens with zero attached hydrogens (tertiary/aromatic N) is 4. The van der Waals surface area contributed by atoms with Crippen LogP contribution >= 0.6 is 11.6 Å². The van der Waals surface area contributed by atoms with Crippen molar-refractivity contribution in [3.8, 4) is 0 Å². The van der Waals surface area contributed by atoms with Gasteiger partial charge in [0.2, 0.25) is 5.91 Å². The SMILES string of the molecule is CC(C)N(Cc1nc2ccccc2c(=O)[nH]1)C(=O)/C=C/c1c(Cl)nc2ccccn12. The summed E-state index contributed by atoms with van der Waals surface area (Å²) in [5.41, 5.74) is 1.70. The molecule has 3 heterocycles. The largest absolute Gasteiger partial charge is 0.329 e. The molecule has 1 aromatic carbocycles. The molecule has 30 heavy (non-hydrogen) atoms. The molecule has 1 amide bonds. The topological polar surface area (TPSA) is 83.4 Å². The number of H-pyrrole nitrogens is 1. The number of carbonyl (C=O) groups is 1. The van der Waals surface area contributed by atoms with Crippen LogP contribution in [0.15, 0.2) is 59.5 Å². The van der Waals surface area contributed by atoms with Crippen LogP contribution in [-0.4, -0.2) is 36.2 Å². The first-order chi connectivity index (χ1) is 14.4. The van der Waals surface area contributed by atoms with Gasteiger partial charge in [-0.3, -0.25) is 14.0 Å². The zero-order valence-corrected chi connectivity index (χ0v) is 17.3. The number of imidazole rings is 1. The van der Waals surface area contributed by atoms with E-state index in [-0.39, 0.29) is 24.1 Å². The molecule has 0 aliphatic rings. The predicted molar refractivity (Wildman–Crippen MR) is 117 cm³/mol. The van der Waals surface area contributed by atoms with Crippen LogP contribution in [0.1, 0.15) is 25.4 Å². The van der Waals surface area contributed by atoms with Gasteiger partial charge in [0, 0.05) is 18.3 Å². The number of amides is 1. The highest BCUT2D eigenvalue weighted by Crippen LogP contribution is 2.19. The molecule has 0 fully saturated rings. The van der Waals surface area contributed by atoms with Gasteiger partial charge in [-0.15, -0.1) is 0 Å². The molecule has 0 aliphatic carbocycles. The van der Waals surface area contributed by atoms with E-state index >= 15 is 0 Å². The maximum absolute atomic E-state index is 12.9. The smallest absolute Gasteiger partial charge is 0.258 e. The average Bonchev–Trinajstić information content (AvgIpc) is 3.05. The number of rotatable bonds is 5. The summed E-state index contributed by atoms with van der Waals surface area (Å²) in [4.78, 5) is 38.4. The summed E-state index contributed by atoms with van der Waals surface area (Å²) in [6.07, 6.45) is 4.94. The fourth-order valence-electron chi connectivity index (χ4n) is 3.27. The van der Waals surface area contributed by atoms with Gasteiger partial charge in [-0.1, -0.05) is 29.8 Å². The highest BCUT2D eigenvalue weighted by Gasteiger charge is 2.17. The molecule has 0 unspecified atom stereocenters. The number of carbonyl (C=O) groups excluding carboxylic acids is 1. The summed E-state index contributed by atoms with van der Waals surface area (Å²) < 4.78 is 1.81. The Bertz CT molecular complexity index is 1320. The number of nitrogens with one attached hydrogen (secondary N) is 1. The predicted octanol–water partition coefficient (Wildman–Crippen LogP) is 3.67. The summed E-state index contributed by atoms with van der Waals surface area (Å²) in [7, 11) is 0. The molecule has 4 aromatic rings. The van der Waals surface area contributed by atoms with Crippen LogP contribution in [0, 0.1) is 0 Å². The zero-order valence-electron chi connectivity index (χ0n) is 16.5. The molecule has 0 saturated heterocycles. The highest BCUT2D eigenvalue weighted by atomic mass is 35.5. The number of halogens is 1. The quantitative estimate of drug-likeness (QED) is 0.498. The Morgan fingerprint density at radius 2 is 1.97 bits per heavy atom. The Morgan fingerprint density at radius 1 is 1.20 bits per heavy atom. The second kappa shape index (κ2) is 8.12. The van der Waals surface area contributed by atoms with Gasteiger partial charge in [0.05, 0.1) is 23.1 Å². The van der Waals surface area contributed by atoms with Crippen molar-refractivity contribution in [3.05, 3.63) is 81.8 Å². The van der Waals surface area contributed by atoms with E-state index < -0.39 is 0 Å². The van der Waals surface area contributed by atoms with E-state index in [1.54, 1.807) is 29.2 Å². The molecular formula is C22H20ClN5O2. The fraction of sp³-hybridized carbons (Fsp3) is 0.182. The minimum atomic E-state index is -0.222. The molecule has 1 N–H and O–H groups in total. The normalized spacial score (nSPS) is 11.7. The van der Waals surface area contributed by atoms with Crippen molar-refractivity contribution in [1.29, 1.82) is 0 Å². The molecular weight excluding hydrogens is 402 g/mol. The lowest BCUT2D eigenvalue weighted by atomic mass is 10.2. The summed E-state index contributed by atoms with van der Waals surface area (Å²) in [5, 5.41) is 0.840. The number of aromatic nitrogens is 4. The number of hydrogen-bond acceptors (Lipinski definition) is 4. The molecule has 8 heteroatoms. The van der Waals surface area contributed by atoms with Crippen LogP contribution in [0.25, 0.3) is 22.6 Å². The maximum atomic E-state index is 12.9. The molecule has 152 valence electrons. The van der Waals surface area contributed by atoms with Crippen molar-refractivity contribution >= 4 is 40.1 Å². The molecule has 0 atom stereocenters. The van der Waals surface area contributed by atoms with Gasteiger partial charge >= 0.3 is 0 Å². The molecule has 4 rings (SSSR count). The fourth-order valence-corrected chi connectivity index (χ4v) is 3.51. The Labute approximate surface area is 177 Å². The second-order valence-electron chi connectivity index (χ2n) is 7.14.